The Hall–Kier alpha value is -11.0. The van der Waals surface area contributed by atoms with Gasteiger partial charge in [-0.3, -0.25) is 0 Å². The van der Waals surface area contributed by atoms with E-state index in [1.54, 1.807) is 136 Å². The van der Waals surface area contributed by atoms with Gasteiger partial charge in [-0.1, -0.05) is 78.9 Å². The Morgan fingerprint density at radius 2 is 0.387 bits per heavy atom. The summed E-state index contributed by atoms with van der Waals surface area (Å²) in [5.74, 6) is 10.1. The molecule has 0 fully saturated rings. The van der Waals surface area contributed by atoms with E-state index in [9.17, 15) is 25.2 Å². The van der Waals surface area contributed by atoms with Crippen molar-refractivity contribution in [3.05, 3.63) is 238 Å². The topological polar surface area (TPSA) is 227 Å². The van der Waals surface area contributed by atoms with Crippen LogP contribution < -0.4 is 66.3 Å². The molecule has 0 amide bonds. The summed E-state index contributed by atoms with van der Waals surface area (Å²) in [6.07, 6.45) is 21.0. The van der Waals surface area contributed by atoms with Gasteiger partial charge in [0.2, 0.25) is 0 Å². The number of aromatic hydroxyl groups is 4. The Morgan fingerprint density at radius 1 is 0.217 bits per heavy atom. The fourth-order valence-electron chi connectivity index (χ4n) is 10.8. The first-order chi connectivity index (χ1) is 51.0. The number of hydrogen-bond donors (Lipinski definition) is 4. The minimum Gasteiger partial charge on any atom is -0.504 e. The minimum atomic E-state index is -0.103. The largest absolute Gasteiger partial charge is 0.504 e. The first-order valence-corrected chi connectivity index (χ1v) is 34.2. The molecule has 0 aliphatic carbocycles. The van der Waals surface area contributed by atoms with E-state index in [2.05, 4.69) is 48.6 Å². The van der Waals surface area contributed by atoms with E-state index in [4.69, 9.17) is 66.3 Å². The van der Waals surface area contributed by atoms with Crippen molar-refractivity contribution in [3.8, 4) is 103 Å². The summed E-state index contributed by atoms with van der Waals surface area (Å²) >= 11 is 0. The van der Waals surface area contributed by atoms with Crippen LogP contribution in [0.1, 0.15) is 75.8 Å². The predicted molar refractivity (Wildman–Crippen MR) is 423 cm³/mol. The lowest BCUT2D eigenvalue weighted by Gasteiger charge is -2.10. The van der Waals surface area contributed by atoms with Gasteiger partial charge in [-0.2, -0.15) is 0 Å². The van der Waals surface area contributed by atoms with Crippen LogP contribution in [0.15, 0.2) is 188 Å². The summed E-state index contributed by atoms with van der Waals surface area (Å²) in [6, 6.07) is 51.2. The molecule has 0 unspecified atom stereocenters. The van der Waals surface area contributed by atoms with Gasteiger partial charge in [-0.25, -0.2) is 0 Å². The molecule has 0 bridgehead atoms. The number of carbonyl (C=O) groups is 1. The molecule has 0 spiro atoms. The molecule has 0 saturated heterocycles. The van der Waals surface area contributed by atoms with Crippen LogP contribution in [-0.2, 0) is 62.6 Å². The number of ether oxygens (including phenoxy) is 14. The van der Waals surface area contributed by atoms with Crippen LogP contribution in [0.25, 0.3) is 0 Å². The normalized spacial score (nSPS) is 10.3. The van der Waals surface area contributed by atoms with E-state index in [0.717, 1.165) is 169 Å². The van der Waals surface area contributed by atoms with E-state index in [0.29, 0.717) is 17.9 Å². The summed E-state index contributed by atoms with van der Waals surface area (Å²) < 4.78 is 73.7. The number of phenolic OH excluding ortho intramolecular Hbond substituents is 4. The standard InChI is InChI=1S/C20H26O4.2C20H24O4.C16H18O4.C10H12O3.BrH/c3*1-21-17-11-9-15(13-19(17)23-3)7-5-6-8-16-10-12-18(22-2)20(14-16)24-4;17-13-7-5-11(9-15(13)19)3-1-2-4-12-6-8-14(18)16(20)10-12;1-12-9-4-3-8(5-6-11)7-10(9)13-2;/h9-14H,5-8H2,1-4H3;2*5-6,9-14H,7-8H2,1-4H3;5-10,17-20H,1-4H2;3-4,6-7H,5H2,1-2H3;1H/b;6-5+;6-5-;;;. The van der Waals surface area contributed by atoms with Crippen molar-refractivity contribution in [2.24, 2.45) is 0 Å². The molecule has 0 aliphatic rings. The van der Waals surface area contributed by atoms with Crippen molar-refractivity contribution >= 4 is 23.3 Å². The number of benzene rings is 9. The van der Waals surface area contributed by atoms with E-state index in [-0.39, 0.29) is 40.0 Å². The number of phenols is 4. The summed E-state index contributed by atoms with van der Waals surface area (Å²) in [4.78, 5) is 10.3. The van der Waals surface area contributed by atoms with Gasteiger partial charge in [0.25, 0.3) is 0 Å². The Labute approximate surface area is 636 Å². The monoisotopic (exact) mass is 1520 g/mol. The van der Waals surface area contributed by atoms with Crippen molar-refractivity contribution < 1.29 is 91.5 Å². The number of halogens is 1. The molecule has 9 rings (SSSR count). The predicted octanol–water partition coefficient (Wildman–Crippen LogP) is 17.5. The first-order valence-electron chi connectivity index (χ1n) is 34.2. The number of unbranched alkanes of at least 4 members (excludes halogenated alkanes) is 2. The third-order valence-electron chi connectivity index (χ3n) is 16.6. The van der Waals surface area contributed by atoms with E-state index < -0.39 is 0 Å². The number of allylic oxidation sites excluding steroid dienone is 4. The highest BCUT2D eigenvalue weighted by molar-refractivity contribution is 8.93. The Kier molecular flexibility index (Phi) is 40.3. The van der Waals surface area contributed by atoms with E-state index in [1.165, 1.54) is 45.5 Å². The number of aldehydes is 1. The van der Waals surface area contributed by atoms with Crippen LogP contribution in [0, 0.1) is 0 Å². The SMILES string of the molecule is Br.COc1ccc(C/C=C/Cc2ccc(OC)c(OC)c2)cc1OC.COc1ccc(C/C=C\Cc2ccc(OC)c(OC)c2)cc1OC.COc1ccc(CC=O)cc1OC.COc1ccc(CCCCc2ccc(OC)c(OC)c2)cc1OC.Oc1ccc(CCCCc2ccc(O)c(O)c2)cc1O. The number of carbonyl (C=O) groups excluding carboxylic acids is 1. The molecule has 0 aliphatic heterocycles. The molecule has 9 aromatic carbocycles. The average Bonchev–Trinajstić information content (AvgIpc) is 0.852. The Bertz CT molecular complexity index is 3780. The van der Waals surface area contributed by atoms with Crippen LogP contribution in [0.4, 0.5) is 0 Å². The highest BCUT2D eigenvalue weighted by atomic mass is 79.9. The van der Waals surface area contributed by atoms with Crippen LogP contribution in [0.3, 0.4) is 0 Å². The lowest BCUT2D eigenvalue weighted by molar-refractivity contribution is -0.107. The fourth-order valence-corrected chi connectivity index (χ4v) is 10.8. The summed E-state index contributed by atoms with van der Waals surface area (Å²) in [7, 11) is 22.9. The van der Waals surface area contributed by atoms with Gasteiger partial charge in [0, 0.05) is 6.42 Å². The number of rotatable bonds is 34. The van der Waals surface area contributed by atoms with Gasteiger partial charge in [0.15, 0.2) is 103 Å². The molecule has 4 N–H and O–H groups in total. The minimum absolute atomic E-state index is 0. The molecular formula is C86H105BrO19. The highest BCUT2D eigenvalue weighted by Gasteiger charge is 2.12. The third-order valence-corrected chi connectivity index (χ3v) is 16.6. The molecule has 106 heavy (non-hydrogen) atoms. The number of methoxy groups -OCH3 is 14. The molecule has 0 heterocycles. The van der Waals surface area contributed by atoms with Gasteiger partial charge in [0.1, 0.15) is 6.29 Å². The summed E-state index contributed by atoms with van der Waals surface area (Å²) in [6.45, 7) is 0. The smallest absolute Gasteiger partial charge is 0.161 e. The second-order valence-corrected chi connectivity index (χ2v) is 23.5. The maximum atomic E-state index is 10.3. The number of hydrogen-bond acceptors (Lipinski definition) is 19. The van der Waals surface area contributed by atoms with Crippen molar-refractivity contribution in [3.63, 3.8) is 0 Å². The van der Waals surface area contributed by atoms with Crippen LogP contribution in [-0.4, -0.2) is 126 Å². The summed E-state index contributed by atoms with van der Waals surface area (Å²) in [5.41, 5.74) is 10.1. The van der Waals surface area contributed by atoms with Gasteiger partial charge in [0.05, 0.1) is 99.5 Å². The number of aryl methyl sites for hydroxylation is 4. The van der Waals surface area contributed by atoms with Crippen molar-refractivity contribution in [2.45, 2.75) is 83.5 Å². The van der Waals surface area contributed by atoms with Crippen molar-refractivity contribution in [2.75, 3.05) is 99.5 Å². The zero-order valence-electron chi connectivity index (χ0n) is 63.5. The zero-order valence-corrected chi connectivity index (χ0v) is 65.2. The van der Waals surface area contributed by atoms with Crippen molar-refractivity contribution in [1.82, 2.24) is 0 Å². The molecule has 0 radical (unpaired) electrons. The van der Waals surface area contributed by atoms with E-state index in [1.807, 2.05) is 91.0 Å². The van der Waals surface area contributed by atoms with Crippen LogP contribution >= 0.6 is 17.0 Å². The molecule has 570 valence electrons. The second-order valence-electron chi connectivity index (χ2n) is 23.5. The van der Waals surface area contributed by atoms with Gasteiger partial charge in [-0.15, -0.1) is 17.0 Å². The fraction of sp³-hybridized carbons (Fsp3) is 0.314. The maximum Gasteiger partial charge on any atom is 0.161 e. The van der Waals surface area contributed by atoms with Crippen molar-refractivity contribution in [1.29, 1.82) is 0 Å². The molecule has 0 saturated carbocycles. The Balaban J connectivity index is 0.000000283. The Morgan fingerprint density at radius 3 is 0.575 bits per heavy atom. The first kappa shape index (κ1) is 87.4. The zero-order chi connectivity index (χ0) is 76.3. The second kappa shape index (κ2) is 48.9. The third kappa shape index (κ3) is 28.9. The molecular weight excluding hydrogens is 1420 g/mol. The summed E-state index contributed by atoms with van der Waals surface area (Å²) in [5, 5.41) is 37.2. The van der Waals surface area contributed by atoms with Gasteiger partial charge >= 0.3 is 0 Å². The average molecular weight is 1520 g/mol. The van der Waals surface area contributed by atoms with Crippen LogP contribution in [0.2, 0.25) is 0 Å². The van der Waals surface area contributed by atoms with E-state index >= 15 is 0 Å². The molecule has 9 aromatic rings. The van der Waals surface area contributed by atoms with Gasteiger partial charge < -0.3 is 91.5 Å². The lowest BCUT2D eigenvalue weighted by Crippen LogP contribution is -1.95. The lowest BCUT2D eigenvalue weighted by atomic mass is 10.0. The highest BCUT2D eigenvalue weighted by Crippen LogP contribution is 2.35. The molecule has 20 heteroatoms. The quantitative estimate of drug-likeness (QED) is 0.0127. The van der Waals surface area contributed by atoms with Crippen LogP contribution in [0.5, 0.6) is 103 Å². The molecule has 0 atom stereocenters. The molecule has 0 aromatic heterocycles. The van der Waals surface area contributed by atoms with Gasteiger partial charge in [-0.05, 0) is 236 Å². The molecule has 19 nitrogen and oxygen atoms in total. The maximum absolute atomic E-state index is 10.3.